The normalized spacial score (nSPS) is 11.4. The number of aromatic nitrogens is 7. The fourth-order valence-corrected chi connectivity index (χ4v) is 2.03. The average Bonchev–Trinajstić information content (AvgIpc) is 3.06. The molecule has 8 nitrogen and oxygen atoms in total. The van der Waals surface area contributed by atoms with Crippen LogP contribution in [0.15, 0.2) is 24.5 Å². The summed E-state index contributed by atoms with van der Waals surface area (Å²) in [5.41, 5.74) is 9.35. The predicted molar refractivity (Wildman–Crippen MR) is 69.0 cm³/mol. The van der Waals surface area contributed by atoms with E-state index in [1.165, 1.54) is 6.33 Å². The molecule has 0 aliphatic heterocycles. The first-order chi connectivity index (χ1) is 9.33. The van der Waals surface area contributed by atoms with Crippen LogP contribution in [-0.4, -0.2) is 35.3 Å². The number of hydrogen-bond donors (Lipinski definition) is 3. The Kier molecular flexibility index (Phi) is 1.82. The zero-order chi connectivity index (χ0) is 12.8. The number of hydrogen-bond acceptors (Lipinski definition) is 6. The minimum Gasteiger partial charge on any atom is -0.382 e. The Hall–Kier alpha value is -3.03. The lowest BCUT2D eigenvalue weighted by atomic mass is 10.1. The van der Waals surface area contributed by atoms with Crippen LogP contribution in [0.5, 0.6) is 0 Å². The number of nitrogens with two attached hydrogens (primary N) is 1. The standard InChI is InChI=1S/C11H8N8/c12-9-8-11(14-4-13-8)16-10(15-9)5-2-1-3-6-7(5)18-19-17-6/h1-4H,(H,17,18,19)(H3,12,13,14,15,16). The number of benzene rings is 1. The average molecular weight is 252 g/mol. The summed E-state index contributed by atoms with van der Waals surface area (Å²) in [7, 11) is 0. The van der Waals surface area contributed by atoms with Crippen molar-refractivity contribution in [3.05, 3.63) is 24.5 Å². The summed E-state index contributed by atoms with van der Waals surface area (Å²) in [5, 5.41) is 10.6. The highest BCUT2D eigenvalue weighted by Crippen LogP contribution is 2.25. The van der Waals surface area contributed by atoms with Gasteiger partial charge in [0.05, 0.1) is 11.8 Å². The van der Waals surface area contributed by atoms with E-state index in [4.69, 9.17) is 5.73 Å². The maximum absolute atomic E-state index is 5.89. The third kappa shape index (κ3) is 1.36. The zero-order valence-corrected chi connectivity index (χ0v) is 9.62. The lowest BCUT2D eigenvalue weighted by Gasteiger charge is -2.02. The summed E-state index contributed by atoms with van der Waals surface area (Å²) in [4.78, 5) is 15.7. The first-order valence-corrected chi connectivity index (χ1v) is 5.59. The molecule has 0 amide bonds. The van der Waals surface area contributed by atoms with E-state index in [1.807, 2.05) is 18.2 Å². The highest BCUT2D eigenvalue weighted by atomic mass is 15.3. The van der Waals surface area contributed by atoms with Crippen LogP contribution in [0, 0.1) is 0 Å². The fraction of sp³-hybridized carbons (Fsp3) is 0. The van der Waals surface area contributed by atoms with Crippen LogP contribution in [0.2, 0.25) is 0 Å². The number of aromatic amines is 2. The van der Waals surface area contributed by atoms with Crippen LogP contribution in [-0.2, 0) is 0 Å². The number of fused-ring (bicyclic) bond motifs is 2. The summed E-state index contributed by atoms with van der Waals surface area (Å²) in [6, 6.07) is 5.64. The minimum absolute atomic E-state index is 0.359. The van der Waals surface area contributed by atoms with Gasteiger partial charge in [-0.1, -0.05) is 11.3 Å². The molecule has 0 saturated carbocycles. The van der Waals surface area contributed by atoms with Gasteiger partial charge in [-0.15, -0.1) is 5.10 Å². The summed E-state index contributed by atoms with van der Waals surface area (Å²) >= 11 is 0. The molecule has 92 valence electrons. The molecule has 4 N–H and O–H groups in total. The number of imidazole rings is 1. The number of H-pyrrole nitrogens is 2. The van der Waals surface area contributed by atoms with E-state index in [9.17, 15) is 0 Å². The van der Waals surface area contributed by atoms with Gasteiger partial charge in [0.25, 0.3) is 0 Å². The molecule has 4 rings (SSSR count). The number of rotatable bonds is 1. The molecule has 0 spiro atoms. The van der Waals surface area contributed by atoms with Gasteiger partial charge >= 0.3 is 0 Å². The van der Waals surface area contributed by atoms with Crippen molar-refractivity contribution >= 4 is 28.0 Å². The molecule has 4 aromatic rings. The second kappa shape index (κ2) is 3.48. The smallest absolute Gasteiger partial charge is 0.183 e. The van der Waals surface area contributed by atoms with E-state index in [0.29, 0.717) is 28.3 Å². The molecule has 1 aromatic carbocycles. The highest BCUT2D eigenvalue weighted by Gasteiger charge is 2.13. The van der Waals surface area contributed by atoms with Crippen LogP contribution >= 0.6 is 0 Å². The number of nitrogens with zero attached hydrogens (tertiary/aromatic N) is 5. The van der Waals surface area contributed by atoms with Gasteiger partial charge in [0.15, 0.2) is 17.3 Å². The Bertz CT molecular complexity index is 890. The Labute approximate surface area is 106 Å². The molecule has 0 aliphatic rings. The van der Waals surface area contributed by atoms with Gasteiger partial charge in [0.1, 0.15) is 11.0 Å². The van der Waals surface area contributed by atoms with E-state index >= 15 is 0 Å². The second-order valence-electron chi connectivity index (χ2n) is 4.05. The number of anilines is 1. The molecule has 0 unspecified atom stereocenters. The fourth-order valence-electron chi connectivity index (χ4n) is 2.03. The molecular formula is C11H8N8. The maximum Gasteiger partial charge on any atom is 0.183 e. The van der Waals surface area contributed by atoms with Crippen molar-refractivity contribution < 1.29 is 0 Å². The summed E-state index contributed by atoms with van der Waals surface area (Å²) in [6.07, 6.45) is 1.54. The van der Waals surface area contributed by atoms with Crippen LogP contribution in [0.1, 0.15) is 0 Å². The lowest BCUT2D eigenvalue weighted by Crippen LogP contribution is -1.98. The third-order valence-corrected chi connectivity index (χ3v) is 2.91. The van der Waals surface area contributed by atoms with Gasteiger partial charge in [0, 0.05) is 5.56 Å². The molecule has 0 aliphatic carbocycles. The SMILES string of the molecule is Nc1nc(-c2cccc3[nH]nnc23)nc2nc[nH]c12. The molecule has 3 heterocycles. The Morgan fingerprint density at radius 2 is 2.11 bits per heavy atom. The molecule has 0 bridgehead atoms. The van der Waals surface area contributed by atoms with Crippen LogP contribution in [0.3, 0.4) is 0 Å². The van der Waals surface area contributed by atoms with Crippen molar-refractivity contribution in [1.82, 2.24) is 35.3 Å². The summed E-state index contributed by atoms with van der Waals surface area (Å²) in [6.45, 7) is 0. The van der Waals surface area contributed by atoms with Crippen LogP contribution in [0.4, 0.5) is 5.82 Å². The van der Waals surface area contributed by atoms with Crippen molar-refractivity contribution in [2.75, 3.05) is 5.73 Å². The van der Waals surface area contributed by atoms with Crippen molar-refractivity contribution in [1.29, 1.82) is 0 Å². The Morgan fingerprint density at radius 1 is 1.16 bits per heavy atom. The van der Waals surface area contributed by atoms with E-state index in [0.717, 1.165) is 11.1 Å². The Morgan fingerprint density at radius 3 is 3.05 bits per heavy atom. The molecule has 0 radical (unpaired) electrons. The van der Waals surface area contributed by atoms with E-state index in [1.54, 1.807) is 0 Å². The predicted octanol–water partition coefficient (Wildman–Crippen LogP) is 0.873. The van der Waals surface area contributed by atoms with Crippen LogP contribution < -0.4 is 5.73 Å². The summed E-state index contributed by atoms with van der Waals surface area (Å²) in [5.74, 6) is 0.842. The van der Waals surface area contributed by atoms with Gasteiger partial charge in [0.2, 0.25) is 0 Å². The minimum atomic E-state index is 0.359. The quantitative estimate of drug-likeness (QED) is 0.462. The largest absolute Gasteiger partial charge is 0.382 e. The molecule has 0 saturated heterocycles. The van der Waals surface area contributed by atoms with Gasteiger partial charge in [-0.25, -0.2) is 15.0 Å². The van der Waals surface area contributed by atoms with Gasteiger partial charge in [-0.05, 0) is 12.1 Å². The van der Waals surface area contributed by atoms with Gasteiger partial charge in [-0.3, -0.25) is 5.10 Å². The van der Waals surface area contributed by atoms with Crippen molar-refractivity contribution in [2.24, 2.45) is 0 Å². The first-order valence-electron chi connectivity index (χ1n) is 5.59. The topological polar surface area (TPSA) is 122 Å². The van der Waals surface area contributed by atoms with Crippen molar-refractivity contribution in [3.63, 3.8) is 0 Å². The maximum atomic E-state index is 5.89. The highest BCUT2D eigenvalue weighted by molar-refractivity contribution is 5.91. The van der Waals surface area contributed by atoms with Crippen LogP contribution in [0.25, 0.3) is 33.6 Å². The molecule has 19 heavy (non-hydrogen) atoms. The van der Waals surface area contributed by atoms with E-state index in [-0.39, 0.29) is 0 Å². The molecule has 3 aromatic heterocycles. The number of nitrogen functional groups attached to an aromatic ring is 1. The lowest BCUT2D eigenvalue weighted by molar-refractivity contribution is 0.959. The summed E-state index contributed by atoms with van der Waals surface area (Å²) < 4.78 is 0. The van der Waals surface area contributed by atoms with E-state index < -0.39 is 0 Å². The first kappa shape index (κ1) is 9.95. The van der Waals surface area contributed by atoms with Gasteiger partial charge < -0.3 is 10.7 Å². The second-order valence-corrected chi connectivity index (χ2v) is 4.05. The molecule has 0 fully saturated rings. The van der Waals surface area contributed by atoms with Crippen molar-refractivity contribution in [2.45, 2.75) is 0 Å². The number of nitrogens with one attached hydrogen (secondary N) is 2. The Balaban J connectivity index is 2.06. The van der Waals surface area contributed by atoms with Gasteiger partial charge in [-0.2, -0.15) is 0 Å². The van der Waals surface area contributed by atoms with E-state index in [2.05, 4.69) is 35.3 Å². The van der Waals surface area contributed by atoms with Crippen molar-refractivity contribution in [3.8, 4) is 11.4 Å². The molecular weight excluding hydrogens is 244 g/mol. The molecule has 8 heteroatoms. The zero-order valence-electron chi connectivity index (χ0n) is 9.62. The third-order valence-electron chi connectivity index (χ3n) is 2.91. The monoisotopic (exact) mass is 252 g/mol. The molecule has 0 atom stereocenters.